The van der Waals surface area contributed by atoms with Gasteiger partial charge in [-0.3, -0.25) is 14.4 Å². The first-order chi connectivity index (χ1) is 16.5. The van der Waals surface area contributed by atoms with Gasteiger partial charge in [0.05, 0.1) is 18.4 Å². The number of allylic oxidation sites excluding steroid dienone is 1. The fourth-order valence-electron chi connectivity index (χ4n) is 5.31. The Labute approximate surface area is 199 Å². The SMILES string of the molecule is CCOC(=O)[C@H]1[C@@H]2C(=O)N(CCCCO)[C@H](C(=O)Nc3ccc4ccccc4c3)[C@H]2C=C[C@H]1C. The van der Waals surface area contributed by atoms with Crippen molar-refractivity contribution in [2.75, 3.05) is 25.1 Å². The minimum atomic E-state index is -0.733. The summed E-state index contributed by atoms with van der Waals surface area (Å²) in [7, 11) is 0. The van der Waals surface area contributed by atoms with E-state index in [0.717, 1.165) is 10.8 Å². The van der Waals surface area contributed by atoms with Crippen molar-refractivity contribution < 1.29 is 24.2 Å². The number of anilines is 1. The third kappa shape index (κ3) is 4.57. The van der Waals surface area contributed by atoms with E-state index < -0.39 is 29.8 Å². The van der Waals surface area contributed by atoms with Crippen LogP contribution in [0.2, 0.25) is 0 Å². The third-order valence-corrected chi connectivity index (χ3v) is 6.93. The van der Waals surface area contributed by atoms with Crippen molar-refractivity contribution in [2.24, 2.45) is 23.7 Å². The Morgan fingerprint density at radius 1 is 1.09 bits per heavy atom. The van der Waals surface area contributed by atoms with E-state index in [1.165, 1.54) is 0 Å². The van der Waals surface area contributed by atoms with Gasteiger partial charge in [-0.15, -0.1) is 0 Å². The standard InChI is InChI=1S/C27H32N2O5/c1-3-34-27(33)22-17(2)10-13-21-23(22)26(32)29(14-6-7-15-30)24(21)25(31)28-20-12-11-18-8-4-5-9-19(18)16-20/h4-5,8-13,16-17,21-24,30H,3,6-7,14-15H2,1-2H3,(H,28,31)/t17-,21+,22-,23-,24+/m1/s1. The Morgan fingerprint density at radius 3 is 2.59 bits per heavy atom. The van der Waals surface area contributed by atoms with Gasteiger partial charge in [-0.1, -0.05) is 49.4 Å². The molecule has 0 bridgehead atoms. The highest BCUT2D eigenvalue weighted by atomic mass is 16.5. The van der Waals surface area contributed by atoms with Gasteiger partial charge in [0, 0.05) is 24.8 Å². The van der Waals surface area contributed by atoms with Crippen LogP contribution in [0.25, 0.3) is 10.8 Å². The van der Waals surface area contributed by atoms with Crippen LogP contribution in [0.4, 0.5) is 5.69 Å². The first-order valence-corrected chi connectivity index (χ1v) is 12.0. The molecule has 2 aliphatic rings. The van der Waals surface area contributed by atoms with Crippen LogP contribution < -0.4 is 5.32 Å². The second-order valence-electron chi connectivity index (χ2n) is 9.08. The number of esters is 1. The highest BCUT2D eigenvalue weighted by Crippen LogP contribution is 2.44. The lowest BCUT2D eigenvalue weighted by atomic mass is 9.70. The van der Waals surface area contributed by atoms with E-state index in [2.05, 4.69) is 5.32 Å². The molecule has 2 amide bonds. The fraction of sp³-hybridized carbons (Fsp3) is 0.444. The number of likely N-dealkylation sites (tertiary alicyclic amines) is 1. The van der Waals surface area contributed by atoms with Crippen LogP contribution in [0, 0.1) is 23.7 Å². The molecule has 1 aliphatic heterocycles. The molecule has 0 unspecified atom stereocenters. The predicted octanol–water partition coefficient (Wildman–Crippen LogP) is 3.38. The molecule has 1 aliphatic carbocycles. The molecule has 7 heteroatoms. The van der Waals surface area contributed by atoms with Gasteiger partial charge in [0.1, 0.15) is 6.04 Å². The first kappa shape index (κ1) is 24.0. The molecule has 34 heavy (non-hydrogen) atoms. The van der Waals surface area contributed by atoms with Gasteiger partial charge in [-0.05, 0) is 48.6 Å². The lowest BCUT2D eigenvalue weighted by molar-refractivity contribution is -0.155. The van der Waals surface area contributed by atoms with Crippen LogP contribution in [0.3, 0.4) is 0 Å². The van der Waals surface area contributed by atoms with Crippen LogP contribution in [-0.4, -0.2) is 53.6 Å². The third-order valence-electron chi connectivity index (χ3n) is 6.93. The van der Waals surface area contributed by atoms with E-state index in [4.69, 9.17) is 4.74 Å². The zero-order chi connectivity index (χ0) is 24.2. The summed E-state index contributed by atoms with van der Waals surface area (Å²) in [6, 6.07) is 12.9. The van der Waals surface area contributed by atoms with Gasteiger partial charge in [0.25, 0.3) is 0 Å². The first-order valence-electron chi connectivity index (χ1n) is 12.0. The molecule has 180 valence electrons. The summed E-state index contributed by atoms with van der Waals surface area (Å²) in [5.74, 6) is -2.72. The van der Waals surface area contributed by atoms with Crippen molar-refractivity contribution in [3.05, 3.63) is 54.6 Å². The van der Waals surface area contributed by atoms with Crippen LogP contribution in [-0.2, 0) is 19.1 Å². The smallest absolute Gasteiger partial charge is 0.310 e. The van der Waals surface area contributed by atoms with E-state index in [-0.39, 0.29) is 30.9 Å². The number of benzene rings is 2. The summed E-state index contributed by atoms with van der Waals surface area (Å²) < 4.78 is 5.30. The number of rotatable bonds is 8. The molecule has 2 N–H and O–H groups in total. The fourth-order valence-corrected chi connectivity index (χ4v) is 5.31. The van der Waals surface area contributed by atoms with E-state index in [1.807, 2.05) is 61.5 Å². The van der Waals surface area contributed by atoms with Crippen molar-refractivity contribution in [1.29, 1.82) is 0 Å². The number of hydrogen-bond acceptors (Lipinski definition) is 5. The van der Waals surface area contributed by atoms with Crippen LogP contribution in [0.1, 0.15) is 26.7 Å². The maximum absolute atomic E-state index is 13.6. The number of nitrogens with zero attached hydrogens (tertiary/aromatic N) is 1. The lowest BCUT2D eigenvalue weighted by Gasteiger charge is -2.32. The van der Waals surface area contributed by atoms with Gasteiger partial charge >= 0.3 is 5.97 Å². The quantitative estimate of drug-likeness (QED) is 0.355. The Morgan fingerprint density at radius 2 is 1.85 bits per heavy atom. The minimum absolute atomic E-state index is 0.0191. The van der Waals surface area contributed by atoms with Gasteiger partial charge in [0.2, 0.25) is 11.8 Å². The summed E-state index contributed by atoms with van der Waals surface area (Å²) in [5, 5.41) is 14.3. The lowest BCUT2D eigenvalue weighted by Crippen LogP contribution is -2.44. The van der Waals surface area contributed by atoms with E-state index >= 15 is 0 Å². The molecule has 0 spiro atoms. The van der Waals surface area contributed by atoms with Gasteiger partial charge < -0.3 is 20.1 Å². The van der Waals surface area contributed by atoms with Crippen molar-refractivity contribution in [2.45, 2.75) is 32.7 Å². The van der Waals surface area contributed by atoms with Crippen LogP contribution in [0.5, 0.6) is 0 Å². The number of aliphatic hydroxyl groups is 1. The van der Waals surface area contributed by atoms with Crippen molar-refractivity contribution in [3.8, 4) is 0 Å². The molecule has 4 rings (SSSR count). The highest BCUT2D eigenvalue weighted by molar-refractivity contribution is 6.02. The minimum Gasteiger partial charge on any atom is -0.466 e. The monoisotopic (exact) mass is 464 g/mol. The maximum atomic E-state index is 13.6. The number of carbonyl (C=O) groups is 3. The number of unbranched alkanes of at least 4 members (excludes halogenated alkanes) is 1. The summed E-state index contributed by atoms with van der Waals surface area (Å²) in [4.78, 5) is 41.5. The molecular weight excluding hydrogens is 432 g/mol. The number of ether oxygens (including phenoxy) is 1. The molecule has 0 aromatic heterocycles. The van der Waals surface area contributed by atoms with Crippen molar-refractivity contribution in [3.63, 3.8) is 0 Å². The molecule has 5 atom stereocenters. The zero-order valence-electron chi connectivity index (χ0n) is 19.6. The molecule has 0 saturated carbocycles. The molecule has 1 heterocycles. The molecule has 7 nitrogen and oxygen atoms in total. The number of amides is 2. The normalized spacial score (nSPS) is 25.9. The molecule has 1 fully saturated rings. The Hall–Kier alpha value is -3.19. The summed E-state index contributed by atoms with van der Waals surface area (Å²) in [6.07, 6.45) is 4.94. The highest BCUT2D eigenvalue weighted by Gasteiger charge is 2.56. The van der Waals surface area contributed by atoms with Crippen molar-refractivity contribution in [1.82, 2.24) is 4.90 Å². The number of nitrogens with one attached hydrogen (secondary N) is 1. The van der Waals surface area contributed by atoms with E-state index in [0.29, 0.717) is 25.1 Å². The van der Waals surface area contributed by atoms with Gasteiger partial charge in [0.15, 0.2) is 0 Å². The Bertz CT molecular complexity index is 1100. The molecule has 2 aromatic rings. The summed E-state index contributed by atoms with van der Waals surface area (Å²) in [6.45, 7) is 4.25. The number of fused-ring (bicyclic) bond motifs is 2. The Kier molecular flexibility index (Phi) is 7.32. The Balaban J connectivity index is 1.64. The van der Waals surface area contributed by atoms with E-state index in [9.17, 15) is 19.5 Å². The second-order valence-corrected chi connectivity index (χ2v) is 9.08. The summed E-state index contributed by atoms with van der Waals surface area (Å²) in [5.41, 5.74) is 0.657. The molecule has 2 aromatic carbocycles. The van der Waals surface area contributed by atoms with Gasteiger partial charge in [-0.2, -0.15) is 0 Å². The number of carbonyl (C=O) groups excluding carboxylic acids is 3. The number of aliphatic hydroxyl groups excluding tert-OH is 1. The zero-order valence-corrected chi connectivity index (χ0v) is 19.6. The average molecular weight is 465 g/mol. The predicted molar refractivity (Wildman–Crippen MR) is 130 cm³/mol. The van der Waals surface area contributed by atoms with Crippen LogP contribution >= 0.6 is 0 Å². The van der Waals surface area contributed by atoms with E-state index in [1.54, 1.807) is 11.8 Å². The molecule has 0 radical (unpaired) electrons. The molecule has 1 saturated heterocycles. The topological polar surface area (TPSA) is 95.9 Å². The molecular formula is C27H32N2O5. The summed E-state index contributed by atoms with van der Waals surface area (Å²) >= 11 is 0. The van der Waals surface area contributed by atoms with Crippen molar-refractivity contribution >= 4 is 34.2 Å². The second kappa shape index (κ2) is 10.4. The maximum Gasteiger partial charge on any atom is 0.310 e. The van der Waals surface area contributed by atoms with Crippen LogP contribution in [0.15, 0.2) is 54.6 Å². The average Bonchev–Trinajstić information content (AvgIpc) is 3.11. The van der Waals surface area contributed by atoms with Gasteiger partial charge in [-0.25, -0.2) is 0 Å². The number of hydrogen-bond donors (Lipinski definition) is 2. The largest absolute Gasteiger partial charge is 0.466 e.